The Kier molecular flexibility index (Phi) is 14.9. The van der Waals surface area contributed by atoms with Gasteiger partial charge in [-0.3, -0.25) is 4.79 Å². The molecule has 0 radical (unpaired) electrons. The van der Waals surface area contributed by atoms with Crippen molar-refractivity contribution in [2.75, 3.05) is 6.61 Å². The zero-order chi connectivity index (χ0) is 15.8. The first-order chi connectivity index (χ1) is 10.2. The molecule has 0 rings (SSSR count). The molecule has 0 aromatic carbocycles. The van der Waals surface area contributed by atoms with E-state index in [0.29, 0.717) is 6.61 Å². The van der Waals surface area contributed by atoms with Crippen molar-refractivity contribution in [3.05, 3.63) is 12.2 Å². The Morgan fingerprint density at radius 1 is 1.00 bits per heavy atom. The molecule has 0 aromatic rings. The van der Waals surface area contributed by atoms with Crippen molar-refractivity contribution < 1.29 is 14.6 Å². The molecule has 21 heavy (non-hydrogen) atoms. The highest BCUT2D eigenvalue weighted by Crippen LogP contribution is 2.10. The van der Waals surface area contributed by atoms with Gasteiger partial charge in [0.25, 0.3) is 0 Å². The highest BCUT2D eigenvalue weighted by Gasteiger charge is 2.07. The smallest absolute Gasteiger partial charge is 0.308 e. The monoisotopic (exact) mass is 298 g/mol. The number of hydrogen-bond donors (Lipinski definition) is 1. The molecule has 1 unspecified atom stereocenters. The van der Waals surface area contributed by atoms with E-state index < -0.39 is 6.10 Å². The van der Waals surface area contributed by atoms with E-state index in [1.807, 2.05) is 6.08 Å². The van der Waals surface area contributed by atoms with E-state index >= 15 is 0 Å². The first kappa shape index (κ1) is 20.2. The minimum atomic E-state index is -0.706. The molecule has 0 saturated carbocycles. The molecule has 0 aliphatic rings. The van der Waals surface area contributed by atoms with Crippen LogP contribution in [0.4, 0.5) is 0 Å². The maximum Gasteiger partial charge on any atom is 0.308 e. The van der Waals surface area contributed by atoms with E-state index in [2.05, 4.69) is 6.92 Å². The van der Waals surface area contributed by atoms with Crippen LogP contribution in [0.2, 0.25) is 0 Å². The summed E-state index contributed by atoms with van der Waals surface area (Å²) in [6, 6.07) is 0. The lowest BCUT2D eigenvalue weighted by Crippen LogP contribution is -2.13. The highest BCUT2D eigenvalue weighted by atomic mass is 16.5. The van der Waals surface area contributed by atoms with Crippen LogP contribution in [0.15, 0.2) is 12.2 Å². The van der Waals surface area contributed by atoms with E-state index in [1.165, 1.54) is 51.4 Å². The van der Waals surface area contributed by atoms with Gasteiger partial charge in [-0.05, 0) is 19.8 Å². The van der Waals surface area contributed by atoms with E-state index in [4.69, 9.17) is 4.74 Å². The molecule has 1 N–H and O–H groups in total. The van der Waals surface area contributed by atoms with Crippen molar-refractivity contribution in [2.45, 2.75) is 90.6 Å². The number of carbonyl (C=O) groups is 1. The molecule has 0 amide bonds. The second kappa shape index (κ2) is 15.6. The fourth-order valence-electron chi connectivity index (χ4n) is 2.28. The zero-order valence-corrected chi connectivity index (χ0v) is 14.0. The van der Waals surface area contributed by atoms with E-state index in [1.54, 1.807) is 13.0 Å². The van der Waals surface area contributed by atoms with Gasteiger partial charge in [-0.25, -0.2) is 0 Å². The summed E-state index contributed by atoms with van der Waals surface area (Å²) in [5.41, 5.74) is 0. The van der Waals surface area contributed by atoms with Crippen LogP contribution in [0, 0.1) is 0 Å². The van der Waals surface area contributed by atoms with Gasteiger partial charge in [-0.1, -0.05) is 70.4 Å². The van der Waals surface area contributed by atoms with Gasteiger partial charge in [0.1, 0.15) is 0 Å². The van der Waals surface area contributed by atoms with Crippen molar-refractivity contribution in [2.24, 2.45) is 0 Å². The van der Waals surface area contributed by atoms with Gasteiger partial charge < -0.3 is 9.84 Å². The van der Waals surface area contributed by atoms with Gasteiger partial charge >= 0.3 is 5.97 Å². The Morgan fingerprint density at radius 2 is 1.57 bits per heavy atom. The Labute approximate surface area is 130 Å². The Bertz CT molecular complexity index is 261. The summed E-state index contributed by atoms with van der Waals surface area (Å²) in [6.45, 7) is 4.38. The van der Waals surface area contributed by atoms with Gasteiger partial charge in [0.05, 0.1) is 19.1 Å². The maximum atomic E-state index is 11.1. The number of carbonyl (C=O) groups excluding carboxylic acids is 1. The normalized spacial score (nSPS) is 12.7. The summed E-state index contributed by atoms with van der Waals surface area (Å²) in [7, 11) is 0. The molecular formula is C18H34O3. The lowest BCUT2D eigenvalue weighted by atomic mass is 10.1. The van der Waals surface area contributed by atoms with Gasteiger partial charge in [0, 0.05) is 0 Å². The van der Waals surface area contributed by atoms with Crippen molar-refractivity contribution in [1.29, 1.82) is 0 Å². The molecule has 0 heterocycles. The molecule has 1 atom stereocenters. The number of rotatable bonds is 14. The molecule has 0 fully saturated rings. The maximum absolute atomic E-state index is 11.1. The Morgan fingerprint density at radius 3 is 2.14 bits per heavy atom. The summed E-state index contributed by atoms with van der Waals surface area (Å²) < 4.78 is 4.79. The Hall–Kier alpha value is -0.830. The van der Waals surface area contributed by atoms with E-state index in [-0.39, 0.29) is 12.4 Å². The van der Waals surface area contributed by atoms with Crippen molar-refractivity contribution in [3.8, 4) is 0 Å². The summed E-state index contributed by atoms with van der Waals surface area (Å²) in [4.78, 5) is 11.1. The van der Waals surface area contributed by atoms with Crippen LogP contribution in [-0.2, 0) is 9.53 Å². The lowest BCUT2D eigenvalue weighted by Gasteiger charge is -2.04. The van der Waals surface area contributed by atoms with Crippen LogP contribution in [0.1, 0.15) is 84.5 Å². The number of allylic oxidation sites excluding steroid dienone is 1. The molecule has 124 valence electrons. The molecule has 3 heteroatoms. The number of unbranched alkanes of at least 4 members (excludes halogenated alkanes) is 9. The average molecular weight is 298 g/mol. The highest BCUT2D eigenvalue weighted by molar-refractivity contribution is 5.70. The molecule has 3 nitrogen and oxygen atoms in total. The third kappa shape index (κ3) is 15.4. The predicted molar refractivity (Wildman–Crippen MR) is 88.2 cm³/mol. The second-order valence-corrected chi connectivity index (χ2v) is 5.62. The second-order valence-electron chi connectivity index (χ2n) is 5.62. The predicted octanol–water partition coefficient (Wildman–Crippen LogP) is 4.78. The number of aliphatic hydroxyl groups excluding tert-OH is 1. The number of esters is 1. The molecule has 0 bridgehead atoms. The number of hydrogen-bond acceptors (Lipinski definition) is 3. The van der Waals surface area contributed by atoms with Crippen LogP contribution in [0.25, 0.3) is 0 Å². The zero-order valence-electron chi connectivity index (χ0n) is 14.0. The molecule has 0 aliphatic carbocycles. The summed E-state index contributed by atoms with van der Waals surface area (Å²) in [6.07, 6.45) is 15.9. The number of ether oxygens (including phenoxy) is 1. The van der Waals surface area contributed by atoms with Crippen molar-refractivity contribution >= 4 is 5.97 Å². The first-order valence-corrected chi connectivity index (χ1v) is 8.71. The first-order valence-electron chi connectivity index (χ1n) is 8.71. The van der Waals surface area contributed by atoms with Gasteiger partial charge in [-0.15, -0.1) is 0 Å². The van der Waals surface area contributed by atoms with Crippen LogP contribution in [-0.4, -0.2) is 23.8 Å². The van der Waals surface area contributed by atoms with Crippen LogP contribution in [0.3, 0.4) is 0 Å². The van der Waals surface area contributed by atoms with Gasteiger partial charge in [-0.2, -0.15) is 0 Å². The van der Waals surface area contributed by atoms with Crippen LogP contribution in [0.5, 0.6) is 0 Å². The summed E-state index contributed by atoms with van der Waals surface area (Å²) in [5, 5.41) is 9.60. The minimum Gasteiger partial charge on any atom is -0.466 e. The molecule has 0 aliphatic heterocycles. The largest absolute Gasteiger partial charge is 0.466 e. The summed E-state index contributed by atoms with van der Waals surface area (Å²) >= 11 is 0. The van der Waals surface area contributed by atoms with Crippen molar-refractivity contribution in [1.82, 2.24) is 0 Å². The van der Waals surface area contributed by atoms with Gasteiger partial charge in [0.15, 0.2) is 0 Å². The third-order valence-corrected chi connectivity index (χ3v) is 3.51. The van der Waals surface area contributed by atoms with Crippen molar-refractivity contribution in [3.63, 3.8) is 0 Å². The van der Waals surface area contributed by atoms with Crippen LogP contribution >= 0.6 is 0 Å². The molecule has 0 aromatic heterocycles. The molecule has 0 spiro atoms. The molecule has 0 saturated heterocycles. The molecular weight excluding hydrogens is 264 g/mol. The Balaban J connectivity index is 3.33. The van der Waals surface area contributed by atoms with Crippen LogP contribution < -0.4 is 0 Å². The third-order valence-electron chi connectivity index (χ3n) is 3.51. The van der Waals surface area contributed by atoms with Gasteiger partial charge in [0.2, 0.25) is 0 Å². The fraction of sp³-hybridized carbons (Fsp3) is 0.833. The standard InChI is InChI=1S/C18H34O3/c1-3-5-6-7-8-9-10-11-12-13-14-15-17(19)16-18(20)21-4-2/h14-15,17,19H,3-13,16H2,1-2H3/b15-14+. The lowest BCUT2D eigenvalue weighted by molar-refractivity contribution is -0.144. The minimum absolute atomic E-state index is 0.0576. The fourth-order valence-corrected chi connectivity index (χ4v) is 2.28. The topological polar surface area (TPSA) is 46.5 Å². The SMILES string of the molecule is CCCCCCCCCCC/C=C/C(O)CC(=O)OCC. The summed E-state index contributed by atoms with van der Waals surface area (Å²) in [5.74, 6) is -0.335. The quantitative estimate of drug-likeness (QED) is 0.285. The number of aliphatic hydroxyl groups is 1. The average Bonchev–Trinajstić information content (AvgIpc) is 2.45. The van der Waals surface area contributed by atoms with E-state index in [0.717, 1.165) is 12.8 Å². The van der Waals surface area contributed by atoms with E-state index in [9.17, 15) is 9.90 Å².